The molecule has 3 amide bonds. The number of nitrogens with one attached hydrogen (secondary N) is 1. The van der Waals surface area contributed by atoms with Crippen molar-refractivity contribution >= 4 is 29.4 Å². The summed E-state index contributed by atoms with van der Waals surface area (Å²) in [7, 11) is 0. The predicted octanol–water partition coefficient (Wildman–Crippen LogP) is 1.06. The van der Waals surface area contributed by atoms with Crippen molar-refractivity contribution in [3.63, 3.8) is 0 Å². The third-order valence-electron chi connectivity index (χ3n) is 4.07. The van der Waals surface area contributed by atoms with Crippen molar-refractivity contribution in [2.45, 2.75) is 12.8 Å². The Hall–Kier alpha value is -3.48. The Kier molecular flexibility index (Phi) is 4.79. The third kappa shape index (κ3) is 3.46. The van der Waals surface area contributed by atoms with Gasteiger partial charge in [-0.25, -0.2) is 0 Å². The lowest BCUT2D eigenvalue weighted by Crippen LogP contribution is -2.31. The number of fused-ring (bicyclic) bond motifs is 1. The molecule has 7 heteroatoms. The van der Waals surface area contributed by atoms with E-state index in [9.17, 15) is 24.3 Å². The molecule has 0 bridgehead atoms. The number of benzene rings is 2. The molecule has 1 heterocycles. The molecule has 132 valence electrons. The van der Waals surface area contributed by atoms with E-state index in [0.717, 1.165) is 4.90 Å². The molecule has 0 saturated heterocycles. The summed E-state index contributed by atoms with van der Waals surface area (Å²) in [5.74, 6) is -2.26. The molecule has 1 aliphatic rings. The number of nitrogens with zero attached hydrogens (tertiary/aromatic N) is 1. The molecule has 0 atom stereocenters. The van der Waals surface area contributed by atoms with Crippen molar-refractivity contribution in [2.75, 3.05) is 11.9 Å². The van der Waals surface area contributed by atoms with E-state index in [4.69, 9.17) is 0 Å². The maximum absolute atomic E-state index is 12.2. The summed E-state index contributed by atoms with van der Waals surface area (Å²) in [6, 6.07) is 12.2. The number of aromatic carboxylic acids is 1. The average Bonchev–Trinajstić information content (AvgIpc) is 2.87. The van der Waals surface area contributed by atoms with Gasteiger partial charge in [0.2, 0.25) is 5.91 Å². The Balaban J connectivity index is 1.51. The lowest BCUT2D eigenvalue weighted by atomic mass is 10.1. The molecule has 0 radical (unpaired) electrons. The largest absolute Gasteiger partial charge is 0.545 e. The highest BCUT2D eigenvalue weighted by atomic mass is 16.4. The van der Waals surface area contributed by atoms with Crippen LogP contribution in [-0.2, 0) is 4.79 Å². The smallest absolute Gasteiger partial charge is 0.261 e. The normalized spacial score (nSPS) is 12.8. The van der Waals surface area contributed by atoms with Crippen LogP contribution >= 0.6 is 0 Å². The number of hydrogen-bond acceptors (Lipinski definition) is 5. The van der Waals surface area contributed by atoms with Crippen molar-refractivity contribution in [1.29, 1.82) is 0 Å². The van der Waals surface area contributed by atoms with Crippen molar-refractivity contribution in [2.24, 2.45) is 0 Å². The summed E-state index contributed by atoms with van der Waals surface area (Å²) in [4.78, 5) is 48.2. The Morgan fingerprint density at radius 2 is 1.50 bits per heavy atom. The molecule has 0 aromatic heterocycles. The lowest BCUT2D eigenvalue weighted by molar-refractivity contribution is -0.255. The zero-order valence-corrected chi connectivity index (χ0v) is 13.7. The molecule has 26 heavy (non-hydrogen) atoms. The van der Waals surface area contributed by atoms with E-state index in [1.807, 2.05) is 0 Å². The summed E-state index contributed by atoms with van der Waals surface area (Å²) in [5, 5.41) is 13.3. The topological polar surface area (TPSA) is 107 Å². The average molecular weight is 351 g/mol. The maximum Gasteiger partial charge on any atom is 0.261 e. The van der Waals surface area contributed by atoms with Crippen molar-refractivity contribution in [3.05, 3.63) is 65.2 Å². The number of imide groups is 1. The fraction of sp³-hybridized carbons (Fsp3) is 0.158. The molecule has 7 nitrogen and oxygen atoms in total. The molecular weight excluding hydrogens is 336 g/mol. The molecule has 0 aliphatic carbocycles. The third-order valence-corrected chi connectivity index (χ3v) is 4.07. The first-order valence-electron chi connectivity index (χ1n) is 8.04. The minimum Gasteiger partial charge on any atom is -0.545 e. The number of carboxylic acids is 1. The first kappa shape index (κ1) is 17.3. The minimum atomic E-state index is -1.29. The molecule has 0 spiro atoms. The predicted molar refractivity (Wildman–Crippen MR) is 90.4 cm³/mol. The highest BCUT2D eigenvalue weighted by molar-refractivity contribution is 6.21. The standard InChI is InChI=1S/C19H16N2O5/c22-16(20-13-9-7-12(8-10-13)19(25)26)6-3-11-21-17(23)14-4-1-2-5-15(14)18(21)24/h1-2,4-5,7-10H,3,6,11H2,(H,20,22)(H,25,26)/p-1. The SMILES string of the molecule is O=C(CCCN1C(=O)c2ccccc2C1=O)Nc1ccc(C(=O)[O-])cc1. The molecule has 1 N–H and O–H groups in total. The van der Waals surface area contributed by atoms with Crippen LogP contribution in [0.1, 0.15) is 43.9 Å². The summed E-state index contributed by atoms with van der Waals surface area (Å²) in [6.07, 6.45) is 0.448. The molecule has 2 aromatic carbocycles. The fourth-order valence-electron chi connectivity index (χ4n) is 2.75. The van der Waals surface area contributed by atoms with Gasteiger partial charge >= 0.3 is 0 Å². The van der Waals surface area contributed by atoms with Gasteiger partial charge in [0.1, 0.15) is 0 Å². The van der Waals surface area contributed by atoms with E-state index in [2.05, 4.69) is 5.32 Å². The van der Waals surface area contributed by atoms with Crippen LogP contribution in [0.2, 0.25) is 0 Å². The number of rotatable bonds is 6. The second-order valence-electron chi connectivity index (χ2n) is 5.82. The van der Waals surface area contributed by atoms with Crippen molar-refractivity contribution in [1.82, 2.24) is 4.90 Å². The van der Waals surface area contributed by atoms with Crippen LogP contribution in [-0.4, -0.2) is 35.1 Å². The number of carbonyl (C=O) groups excluding carboxylic acids is 4. The van der Waals surface area contributed by atoms with Crippen molar-refractivity contribution < 1.29 is 24.3 Å². The summed E-state index contributed by atoms with van der Waals surface area (Å²) < 4.78 is 0. The van der Waals surface area contributed by atoms with Crippen LogP contribution in [0.5, 0.6) is 0 Å². The molecule has 0 unspecified atom stereocenters. The van der Waals surface area contributed by atoms with Crippen LogP contribution in [0.15, 0.2) is 48.5 Å². The van der Waals surface area contributed by atoms with E-state index in [-0.39, 0.29) is 36.3 Å². The summed E-state index contributed by atoms with van der Waals surface area (Å²) in [5.41, 5.74) is 1.25. The highest BCUT2D eigenvalue weighted by Gasteiger charge is 2.34. The van der Waals surface area contributed by atoms with E-state index in [1.54, 1.807) is 24.3 Å². The maximum atomic E-state index is 12.2. The Labute approximate surface area is 149 Å². The van der Waals surface area contributed by atoms with E-state index < -0.39 is 5.97 Å². The number of carboxylic acid groups (broad SMARTS) is 1. The second-order valence-corrected chi connectivity index (χ2v) is 5.82. The van der Waals surface area contributed by atoms with Crippen LogP contribution in [0.4, 0.5) is 5.69 Å². The Bertz CT molecular complexity index is 854. The molecular formula is C19H15N2O5-. The van der Waals surface area contributed by atoms with E-state index >= 15 is 0 Å². The van der Waals surface area contributed by atoms with Gasteiger partial charge in [0.05, 0.1) is 17.1 Å². The van der Waals surface area contributed by atoms with Crippen LogP contribution < -0.4 is 10.4 Å². The molecule has 1 aliphatic heterocycles. The number of carbonyl (C=O) groups is 4. The summed E-state index contributed by atoms with van der Waals surface area (Å²) in [6.45, 7) is 0.156. The van der Waals surface area contributed by atoms with Gasteiger partial charge in [0.25, 0.3) is 11.8 Å². The van der Waals surface area contributed by atoms with Gasteiger partial charge in [0.15, 0.2) is 0 Å². The van der Waals surface area contributed by atoms with Crippen LogP contribution in [0.25, 0.3) is 0 Å². The van der Waals surface area contributed by atoms with Gasteiger partial charge in [-0.3, -0.25) is 19.3 Å². The first-order chi connectivity index (χ1) is 12.5. The van der Waals surface area contributed by atoms with E-state index in [0.29, 0.717) is 23.2 Å². The van der Waals surface area contributed by atoms with Gasteiger partial charge < -0.3 is 15.2 Å². The zero-order chi connectivity index (χ0) is 18.7. The van der Waals surface area contributed by atoms with E-state index in [1.165, 1.54) is 24.3 Å². The molecule has 0 saturated carbocycles. The van der Waals surface area contributed by atoms with Crippen LogP contribution in [0, 0.1) is 0 Å². The summed E-state index contributed by atoms with van der Waals surface area (Å²) >= 11 is 0. The first-order valence-corrected chi connectivity index (χ1v) is 8.04. The quantitative estimate of drug-likeness (QED) is 0.783. The van der Waals surface area contributed by atoms with Gasteiger partial charge in [0, 0.05) is 18.7 Å². The monoisotopic (exact) mass is 351 g/mol. The van der Waals surface area contributed by atoms with Gasteiger partial charge in [-0.2, -0.15) is 0 Å². The van der Waals surface area contributed by atoms with Gasteiger partial charge in [-0.15, -0.1) is 0 Å². The molecule has 0 fully saturated rings. The highest BCUT2D eigenvalue weighted by Crippen LogP contribution is 2.22. The van der Waals surface area contributed by atoms with Crippen molar-refractivity contribution in [3.8, 4) is 0 Å². The zero-order valence-electron chi connectivity index (χ0n) is 13.7. The van der Waals surface area contributed by atoms with Crippen LogP contribution in [0.3, 0.4) is 0 Å². The van der Waals surface area contributed by atoms with Gasteiger partial charge in [-0.1, -0.05) is 24.3 Å². The fourth-order valence-corrected chi connectivity index (χ4v) is 2.75. The number of amides is 3. The second kappa shape index (κ2) is 7.18. The Morgan fingerprint density at radius 1 is 0.923 bits per heavy atom. The molecule has 3 rings (SSSR count). The Morgan fingerprint density at radius 3 is 2.04 bits per heavy atom. The lowest BCUT2D eigenvalue weighted by Gasteiger charge is -2.13. The number of anilines is 1. The van der Waals surface area contributed by atoms with Gasteiger partial charge in [-0.05, 0) is 36.2 Å². The number of hydrogen-bond donors (Lipinski definition) is 1. The minimum absolute atomic E-state index is 0.0219. The molecule has 2 aromatic rings.